The molecule has 3 heterocycles. The van der Waals surface area contributed by atoms with Gasteiger partial charge in [0.25, 0.3) is 5.91 Å². The zero-order valence-corrected chi connectivity index (χ0v) is 21.3. The van der Waals surface area contributed by atoms with Crippen LogP contribution in [0.4, 0.5) is 11.8 Å². The van der Waals surface area contributed by atoms with Gasteiger partial charge < -0.3 is 20.3 Å². The Balaban J connectivity index is 1.31. The summed E-state index contributed by atoms with van der Waals surface area (Å²) in [5.74, 6) is 1.39. The molecule has 1 saturated heterocycles. The summed E-state index contributed by atoms with van der Waals surface area (Å²) in [6.07, 6.45) is 4.84. The van der Waals surface area contributed by atoms with Crippen molar-refractivity contribution in [3.63, 3.8) is 0 Å². The first kappa shape index (κ1) is 24.1. The molecule has 1 amide bonds. The number of anilines is 2. The fraction of sp³-hybridized carbons (Fsp3) is 0.269. The third-order valence-electron chi connectivity index (χ3n) is 6.20. The summed E-state index contributed by atoms with van der Waals surface area (Å²) in [6, 6.07) is 10.8. The van der Waals surface area contributed by atoms with Crippen LogP contribution in [0.2, 0.25) is 5.02 Å². The highest BCUT2D eigenvalue weighted by Crippen LogP contribution is 2.29. The molecule has 0 unspecified atom stereocenters. The molecule has 2 N–H and O–H groups in total. The van der Waals surface area contributed by atoms with Gasteiger partial charge in [-0.05, 0) is 43.3 Å². The van der Waals surface area contributed by atoms with Crippen molar-refractivity contribution in [2.45, 2.75) is 13.3 Å². The Kier molecular flexibility index (Phi) is 6.84. The molecule has 1 aliphatic carbocycles. The second kappa shape index (κ2) is 10.2. The number of carbonyl (C=O) groups is 1. The number of carbonyl (C=O) groups excluding carboxylic acids is 1. The van der Waals surface area contributed by atoms with Gasteiger partial charge in [-0.25, -0.2) is 9.97 Å². The zero-order chi connectivity index (χ0) is 25.2. The highest BCUT2D eigenvalue weighted by Gasteiger charge is 2.25. The quantitative estimate of drug-likeness (QED) is 0.502. The number of nitrogens with zero attached hydrogens (tertiary/aromatic N) is 5. The van der Waals surface area contributed by atoms with E-state index in [0.717, 1.165) is 22.6 Å². The van der Waals surface area contributed by atoms with Crippen LogP contribution in [-0.2, 0) is 4.79 Å². The number of nitrogens with two attached hydrogens (primary N) is 1. The molecule has 0 radical (unpaired) electrons. The number of hydrogen-bond acceptors (Lipinski definition) is 8. The largest absolute Gasteiger partial charge is 0.484 e. The topological polar surface area (TPSA) is 97.5 Å². The molecule has 36 heavy (non-hydrogen) atoms. The van der Waals surface area contributed by atoms with Crippen LogP contribution in [0.3, 0.4) is 0 Å². The molecule has 0 spiro atoms. The van der Waals surface area contributed by atoms with Crippen molar-refractivity contribution in [1.82, 2.24) is 19.9 Å². The molecule has 0 bridgehead atoms. The van der Waals surface area contributed by atoms with E-state index < -0.39 is 0 Å². The highest BCUT2D eigenvalue weighted by atomic mass is 35.5. The second-order valence-corrected chi connectivity index (χ2v) is 9.70. The van der Waals surface area contributed by atoms with E-state index in [9.17, 15) is 4.79 Å². The number of rotatable bonds is 5. The number of pyridine rings is 1. The lowest BCUT2D eigenvalue weighted by Gasteiger charge is -2.35. The number of hydrogen-bond donors (Lipinski definition) is 1. The van der Waals surface area contributed by atoms with Gasteiger partial charge in [-0.1, -0.05) is 41.5 Å². The molecule has 2 aromatic heterocycles. The van der Waals surface area contributed by atoms with Gasteiger partial charge in [0.15, 0.2) is 12.4 Å². The predicted octanol–water partition coefficient (Wildman–Crippen LogP) is 4.09. The van der Waals surface area contributed by atoms with Gasteiger partial charge in [0.1, 0.15) is 11.3 Å². The van der Waals surface area contributed by atoms with Crippen molar-refractivity contribution in [3.8, 4) is 5.75 Å². The summed E-state index contributed by atoms with van der Waals surface area (Å²) in [5, 5.41) is 0.620. The lowest BCUT2D eigenvalue weighted by Crippen LogP contribution is -2.50. The zero-order valence-electron chi connectivity index (χ0n) is 19.8. The van der Waals surface area contributed by atoms with Crippen LogP contribution in [-0.4, -0.2) is 63.4 Å². The minimum Gasteiger partial charge on any atom is -0.484 e. The van der Waals surface area contributed by atoms with Crippen molar-refractivity contribution in [1.29, 1.82) is 0 Å². The Labute approximate surface area is 219 Å². The number of benzene rings is 1. The number of thiocarbonyl (C=S) groups is 1. The van der Waals surface area contributed by atoms with Gasteiger partial charge in [0, 0.05) is 48.1 Å². The predicted molar refractivity (Wildman–Crippen MR) is 146 cm³/mol. The average Bonchev–Trinajstić information content (AvgIpc) is 2.87. The lowest BCUT2D eigenvalue weighted by atomic mass is 9.96. The van der Waals surface area contributed by atoms with Gasteiger partial charge in [0.05, 0.1) is 11.2 Å². The standard InChI is InChI=1S/C26H25ClN6O2S/c1-16-2-7-19(22(36)14-16)20-8-9-21-24(29-20)25(31-26(28)30-21)33-12-10-32(11-13-33)23(34)15-35-18-5-3-17(27)4-6-18/h2-9H,10-15H2,1H3,(H2,28,30,31). The van der Waals surface area contributed by atoms with E-state index in [1.165, 1.54) is 5.57 Å². The normalized spacial score (nSPS) is 16.1. The van der Waals surface area contributed by atoms with Crippen LogP contribution in [0, 0.1) is 0 Å². The third-order valence-corrected chi connectivity index (χ3v) is 6.82. The van der Waals surface area contributed by atoms with E-state index in [2.05, 4.69) is 27.9 Å². The Bertz CT molecular complexity index is 1400. The summed E-state index contributed by atoms with van der Waals surface area (Å²) in [5.41, 5.74) is 10.3. The van der Waals surface area contributed by atoms with Gasteiger partial charge in [-0.3, -0.25) is 4.79 Å². The number of fused-ring (bicyclic) bond motifs is 1. The minimum absolute atomic E-state index is 0.0289. The fourth-order valence-corrected chi connectivity index (χ4v) is 4.80. The minimum atomic E-state index is -0.0711. The number of halogens is 1. The first-order valence-electron chi connectivity index (χ1n) is 11.6. The first-order chi connectivity index (χ1) is 17.4. The SMILES string of the molecule is CC1=CC=C(c2ccc3nc(N)nc(N4CCN(C(=O)COc5ccc(Cl)cc5)CC4)c3n2)C(=S)C1. The van der Waals surface area contributed by atoms with Crippen molar-refractivity contribution >= 4 is 63.0 Å². The van der Waals surface area contributed by atoms with Crippen molar-refractivity contribution in [3.05, 3.63) is 64.8 Å². The highest BCUT2D eigenvalue weighted by molar-refractivity contribution is 7.81. The molecule has 184 valence electrons. The smallest absolute Gasteiger partial charge is 0.260 e. The third kappa shape index (κ3) is 5.17. The van der Waals surface area contributed by atoms with Crippen LogP contribution in [0.1, 0.15) is 19.0 Å². The second-order valence-electron chi connectivity index (χ2n) is 8.77. The number of allylic oxidation sites excluding steroid dienone is 4. The number of aromatic nitrogens is 3. The summed E-state index contributed by atoms with van der Waals surface area (Å²) in [6.45, 7) is 4.29. The van der Waals surface area contributed by atoms with Crippen LogP contribution < -0.4 is 15.4 Å². The molecule has 0 atom stereocenters. The monoisotopic (exact) mass is 520 g/mol. The molecule has 10 heteroatoms. The Morgan fingerprint density at radius 1 is 1.06 bits per heavy atom. The number of ether oxygens (including phenoxy) is 1. The summed E-state index contributed by atoms with van der Waals surface area (Å²) >= 11 is 11.5. The molecule has 0 saturated carbocycles. The van der Waals surface area contributed by atoms with Crippen LogP contribution >= 0.6 is 23.8 Å². The number of amides is 1. The van der Waals surface area contributed by atoms with E-state index in [0.29, 0.717) is 53.8 Å². The number of piperazine rings is 1. The fourth-order valence-electron chi connectivity index (χ4n) is 4.28. The van der Waals surface area contributed by atoms with Crippen LogP contribution in [0.25, 0.3) is 16.6 Å². The van der Waals surface area contributed by atoms with Crippen molar-refractivity contribution in [2.24, 2.45) is 0 Å². The first-order valence-corrected chi connectivity index (χ1v) is 12.4. The molecule has 1 fully saturated rings. The van der Waals surface area contributed by atoms with E-state index in [1.807, 2.05) is 18.2 Å². The Hall–Kier alpha value is -3.56. The van der Waals surface area contributed by atoms with Gasteiger partial charge in [0.2, 0.25) is 5.95 Å². The molecule has 1 aromatic carbocycles. The van der Waals surface area contributed by atoms with Gasteiger partial charge in [-0.15, -0.1) is 0 Å². The molecule has 1 aliphatic heterocycles. The summed E-state index contributed by atoms with van der Waals surface area (Å²) in [7, 11) is 0. The maximum absolute atomic E-state index is 12.7. The Morgan fingerprint density at radius 2 is 1.81 bits per heavy atom. The van der Waals surface area contributed by atoms with Gasteiger partial charge in [-0.2, -0.15) is 4.98 Å². The molecule has 5 rings (SSSR count). The van der Waals surface area contributed by atoms with Crippen molar-refractivity contribution < 1.29 is 9.53 Å². The molecule has 2 aliphatic rings. The molecular weight excluding hydrogens is 496 g/mol. The summed E-state index contributed by atoms with van der Waals surface area (Å²) in [4.78, 5) is 31.2. The maximum Gasteiger partial charge on any atom is 0.260 e. The van der Waals surface area contributed by atoms with E-state index in [1.54, 1.807) is 29.2 Å². The van der Waals surface area contributed by atoms with E-state index in [4.69, 9.17) is 39.3 Å². The molecular formula is C26H25ClN6O2S. The van der Waals surface area contributed by atoms with E-state index >= 15 is 0 Å². The van der Waals surface area contributed by atoms with Gasteiger partial charge >= 0.3 is 0 Å². The van der Waals surface area contributed by atoms with Crippen LogP contribution in [0.15, 0.2) is 54.1 Å². The van der Waals surface area contributed by atoms with E-state index in [-0.39, 0.29) is 18.5 Å². The Morgan fingerprint density at radius 3 is 2.53 bits per heavy atom. The summed E-state index contributed by atoms with van der Waals surface area (Å²) < 4.78 is 5.62. The maximum atomic E-state index is 12.7. The lowest BCUT2D eigenvalue weighted by molar-refractivity contribution is -0.133. The average molecular weight is 521 g/mol. The molecule has 3 aromatic rings. The van der Waals surface area contributed by atoms with Crippen molar-refractivity contribution in [2.75, 3.05) is 43.4 Å². The number of nitrogen functional groups attached to an aromatic ring is 1. The van der Waals surface area contributed by atoms with Crippen LogP contribution in [0.5, 0.6) is 5.75 Å². The molecule has 8 nitrogen and oxygen atoms in total.